The molecule has 0 aliphatic rings. The average molecular weight is 258 g/mol. The summed E-state index contributed by atoms with van der Waals surface area (Å²) in [6.45, 7) is 0. The van der Waals surface area contributed by atoms with Gasteiger partial charge in [0, 0.05) is 30.9 Å². The molecule has 0 radical (unpaired) electrons. The summed E-state index contributed by atoms with van der Waals surface area (Å²) in [6, 6.07) is 9.43. The van der Waals surface area contributed by atoms with E-state index in [1.807, 2.05) is 24.3 Å². The summed E-state index contributed by atoms with van der Waals surface area (Å²) in [4.78, 5) is 4.02. The van der Waals surface area contributed by atoms with Gasteiger partial charge in [-0.25, -0.2) is 0 Å². The minimum absolute atomic E-state index is 0.484. The fourth-order valence-electron chi connectivity index (χ4n) is 2.06. The third-order valence-electron chi connectivity index (χ3n) is 3.04. The smallest absolute Gasteiger partial charge is 0.122 e. The number of aliphatic hydroxyl groups excluding tert-OH is 1. The van der Waals surface area contributed by atoms with Gasteiger partial charge in [-0.1, -0.05) is 18.2 Å². The molecule has 2 aromatic rings. The van der Waals surface area contributed by atoms with Crippen molar-refractivity contribution in [1.29, 1.82) is 0 Å². The van der Waals surface area contributed by atoms with Crippen LogP contribution in [0.5, 0.6) is 5.75 Å². The Morgan fingerprint density at radius 2 is 1.95 bits per heavy atom. The van der Waals surface area contributed by atoms with E-state index >= 15 is 0 Å². The van der Waals surface area contributed by atoms with Crippen LogP contribution in [0.2, 0.25) is 0 Å². The van der Waals surface area contributed by atoms with E-state index in [1.165, 1.54) is 0 Å². The Morgan fingerprint density at radius 3 is 2.68 bits per heavy atom. The number of hydrogen-bond donors (Lipinski definition) is 2. The van der Waals surface area contributed by atoms with E-state index in [4.69, 9.17) is 10.5 Å². The Bertz CT molecular complexity index is 543. The Balaban J connectivity index is 2.05. The highest BCUT2D eigenvalue weighted by atomic mass is 16.5. The minimum atomic E-state index is -0.511. The van der Waals surface area contributed by atoms with Crippen LogP contribution in [0.3, 0.4) is 0 Å². The number of nitrogens with two attached hydrogens (primary N) is 1. The average Bonchev–Trinajstić information content (AvgIpc) is 2.42. The Labute approximate surface area is 112 Å². The van der Waals surface area contributed by atoms with Crippen molar-refractivity contribution in [2.24, 2.45) is 0 Å². The predicted octanol–water partition coefficient (Wildman–Crippen LogP) is 1.82. The fourth-order valence-corrected chi connectivity index (χ4v) is 2.06. The number of rotatable bonds is 5. The first-order chi connectivity index (χ1) is 9.20. The van der Waals surface area contributed by atoms with Crippen molar-refractivity contribution in [3.8, 4) is 5.75 Å². The van der Waals surface area contributed by atoms with Gasteiger partial charge >= 0.3 is 0 Å². The van der Waals surface area contributed by atoms with Gasteiger partial charge in [0.05, 0.1) is 13.2 Å². The van der Waals surface area contributed by atoms with E-state index in [9.17, 15) is 5.11 Å². The second-order valence-electron chi connectivity index (χ2n) is 4.45. The molecule has 0 saturated carbocycles. The van der Waals surface area contributed by atoms with Crippen LogP contribution in [0.25, 0.3) is 0 Å². The van der Waals surface area contributed by atoms with Crippen molar-refractivity contribution in [3.63, 3.8) is 0 Å². The van der Waals surface area contributed by atoms with Gasteiger partial charge < -0.3 is 15.6 Å². The fraction of sp³-hybridized carbons (Fsp3) is 0.267. The maximum absolute atomic E-state index is 10.2. The van der Waals surface area contributed by atoms with Crippen LogP contribution in [0, 0.1) is 0 Å². The van der Waals surface area contributed by atoms with Crippen LogP contribution < -0.4 is 10.5 Å². The number of methoxy groups -OCH3 is 1. The lowest BCUT2D eigenvalue weighted by molar-refractivity contribution is 0.174. The van der Waals surface area contributed by atoms with Crippen LogP contribution in [0.15, 0.2) is 42.7 Å². The molecule has 0 saturated heterocycles. The van der Waals surface area contributed by atoms with Crippen LogP contribution in [0.1, 0.15) is 11.1 Å². The quantitative estimate of drug-likeness (QED) is 0.858. The Morgan fingerprint density at radius 1 is 1.21 bits per heavy atom. The third kappa shape index (κ3) is 3.45. The molecular formula is C15H18N2O2. The van der Waals surface area contributed by atoms with Crippen LogP contribution >= 0.6 is 0 Å². The number of para-hydroxylation sites is 1. The van der Waals surface area contributed by atoms with Gasteiger partial charge in [-0.2, -0.15) is 0 Å². The summed E-state index contributed by atoms with van der Waals surface area (Å²) in [5.41, 5.74) is 8.36. The highest BCUT2D eigenvalue weighted by molar-refractivity contribution is 5.44. The van der Waals surface area contributed by atoms with Gasteiger partial charge in [0.1, 0.15) is 5.75 Å². The molecule has 4 nitrogen and oxygen atoms in total. The second-order valence-corrected chi connectivity index (χ2v) is 4.45. The number of ether oxygens (including phenoxy) is 1. The summed E-state index contributed by atoms with van der Waals surface area (Å²) < 4.78 is 5.27. The topological polar surface area (TPSA) is 68.4 Å². The summed E-state index contributed by atoms with van der Waals surface area (Å²) in [6.07, 6.45) is 3.84. The number of hydrogen-bond acceptors (Lipinski definition) is 4. The highest BCUT2D eigenvalue weighted by Gasteiger charge is 2.11. The van der Waals surface area contributed by atoms with E-state index in [0.717, 1.165) is 16.9 Å². The van der Waals surface area contributed by atoms with Gasteiger partial charge in [0.15, 0.2) is 0 Å². The van der Waals surface area contributed by atoms with Gasteiger partial charge in [0.25, 0.3) is 0 Å². The second kappa shape index (κ2) is 6.20. The molecule has 1 aromatic carbocycles. The molecule has 1 aromatic heterocycles. The molecule has 2 rings (SSSR count). The molecule has 1 heterocycles. The van der Waals surface area contributed by atoms with Gasteiger partial charge in [-0.15, -0.1) is 0 Å². The molecule has 0 aliphatic heterocycles. The standard InChI is InChI=1S/C15H18N2O2/c1-19-15-5-3-2-4-11(15)8-13(18)9-12-10-17-7-6-14(12)16/h2-7,10,13,18H,8-9H2,1H3,(H2,16,17). The molecule has 4 heteroatoms. The molecule has 1 unspecified atom stereocenters. The van der Waals surface area contributed by atoms with Crippen molar-refractivity contribution in [2.45, 2.75) is 18.9 Å². The van der Waals surface area contributed by atoms with Gasteiger partial charge in [0.2, 0.25) is 0 Å². The van der Waals surface area contributed by atoms with Crippen molar-refractivity contribution in [1.82, 2.24) is 4.98 Å². The molecule has 19 heavy (non-hydrogen) atoms. The maximum Gasteiger partial charge on any atom is 0.122 e. The van der Waals surface area contributed by atoms with Gasteiger partial charge in [-0.3, -0.25) is 4.98 Å². The number of pyridine rings is 1. The number of aliphatic hydroxyl groups is 1. The highest BCUT2D eigenvalue weighted by Crippen LogP contribution is 2.20. The van der Waals surface area contributed by atoms with Crippen LogP contribution in [-0.2, 0) is 12.8 Å². The summed E-state index contributed by atoms with van der Waals surface area (Å²) in [5.74, 6) is 0.792. The first-order valence-electron chi connectivity index (χ1n) is 6.19. The number of aromatic nitrogens is 1. The number of nitrogen functional groups attached to an aromatic ring is 1. The molecule has 0 amide bonds. The maximum atomic E-state index is 10.2. The largest absolute Gasteiger partial charge is 0.496 e. The van der Waals surface area contributed by atoms with E-state index in [-0.39, 0.29) is 0 Å². The zero-order chi connectivity index (χ0) is 13.7. The zero-order valence-corrected chi connectivity index (χ0v) is 10.9. The number of benzene rings is 1. The Kier molecular flexibility index (Phi) is 4.36. The van der Waals surface area contributed by atoms with Crippen molar-refractivity contribution < 1.29 is 9.84 Å². The molecular weight excluding hydrogens is 240 g/mol. The molecule has 3 N–H and O–H groups in total. The SMILES string of the molecule is COc1ccccc1CC(O)Cc1cnccc1N. The normalized spacial score (nSPS) is 12.1. The first-order valence-corrected chi connectivity index (χ1v) is 6.19. The molecule has 100 valence electrons. The van der Waals surface area contributed by atoms with Crippen molar-refractivity contribution >= 4 is 5.69 Å². The predicted molar refractivity (Wildman–Crippen MR) is 75.1 cm³/mol. The number of anilines is 1. The summed E-state index contributed by atoms with van der Waals surface area (Å²) in [5, 5.41) is 10.2. The minimum Gasteiger partial charge on any atom is -0.496 e. The van der Waals surface area contributed by atoms with E-state index in [1.54, 1.807) is 25.6 Å². The van der Waals surface area contributed by atoms with E-state index in [0.29, 0.717) is 18.5 Å². The van der Waals surface area contributed by atoms with Crippen LogP contribution in [0.4, 0.5) is 5.69 Å². The lowest BCUT2D eigenvalue weighted by Crippen LogP contribution is -2.15. The lowest BCUT2D eigenvalue weighted by Gasteiger charge is -2.14. The number of nitrogens with zero attached hydrogens (tertiary/aromatic N) is 1. The Hall–Kier alpha value is -2.07. The molecule has 0 bridgehead atoms. The zero-order valence-electron chi connectivity index (χ0n) is 10.9. The monoisotopic (exact) mass is 258 g/mol. The van der Waals surface area contributed by atoms with Gasteiger partial charge in [-0.05, 0) is 23.3 Å². The van der Waals surface area contributed by atoms with E-state index in [2.05, 4.69) is 4.98 Å². The van der Waals surface area contributed by atoms with Crippen molar-refractivity contribution in [3.05, 3.63) is 53.9 Å². The molecule has 0 spiro atoms. The third-order valence-corrected chi connectivity index (χ3v) is 3.04. The lowest BCUT2D eigenvalue weighted by atomic mass is 10.0. The van der Waals surface area contributed by atoms with E-state index < -0.39 is 6.10 Å². The summed E-state index contributed by atoms with van der Waals surface area (Å²) in [7, 11) is 1.63. The molecule has 1 atom stereocenters. The molecule has 0 aliphatic carbocycles. The van der Waals surface area contributed by atoms with Crippen molar-refractivity contribution in [2.75, 3.05) is 12.8 Å². The molecule has 0 fully saturated rings. The summed E-state index contributed by atoms with van der Waals surface area (Å²) >= 11 is 0. The van der Waals surface area contributed by atoms with Crippen LogP contribution in [-0.4, -0.2) is 23.3 Å². The first kappa shape index (κ1) is 13.4.